The van der Waals surface area contributed by atoms with Crippen molar-refractivity contribution in [3.05, 3.63) is 0 Å². The van der Waals surface area contributed by atoms with Crippen molar-refractivity contribution in [1.82, 2.24) is 20.0 Å². The Morgan fingerprint density at radius 1 is 0.679 bits per heavy atom. The van der Waals surface area contributed by atoms with Gasteiger partial charge in [-0.1, -0.05) is 34.1 Å². The van der Waals surface area contributed by atoms with Crippen molar-refractivity contribution in [3.63, 3.8) is 0 Å². The van der Waals surface area contributed by atoms with Crippen LogP contribution in [-0.4, -0.2) is 86.2 Å². The predicted molar refractivity (Wildman–Crippen MR) is 123 cm³/mol. The van der Waals surface area contributed by atoms with Crippen molar-refractivity contribution < 1.29 is 0 Å². The normalized spacial score (nSPS) is 34.2. The van der Waals surface area contributed by atoms with E-state index in [0.717, 1.165) is 23.9 Å². The molecule has 0 amide bonds. The number of hydrogen-bond acceptors (Lipinski definition) is 4. The highest BCUT2D eigenvalue weighted by molar-refractivity contribution is 4.89. The molecular weight excluding hydrogens is 344 g/mol. The lowest BCUT2D eigenvalue weighted by Crippen LogP contribution is -2.55. The van der Waals surface area contributed by atoms with E-state index in [1.807, 2.05) is 0 Å². The quantitative estimate of drug-likeness (QED) is 0.766. The first-order valence-corrected chi connectivity index (χ1v) is 12.0. The first kappa shape index (κ1) is 24.1. The largest absolute Gasteiger partial charge is 0.317 e. The summed E-state index contributed by atoms with van der Waals surface area (Å²) in [5.74, 6) is 1.69. The van der Waals surface area contributed by atoms with Crippen molar-refractivity contribution in [2.75, 3.05) is 59.4 Å². The van der Waals surface area contributed by atoms with Gasteiger partial charge in [0.25, 0.3) is 0 Å². The zero-order chi connectivity index (χ0) is 19.1. The molecule has 4 rings (SSSR count). The van der Waals surface area contributed by atoms with Crippen molar-refractivity contribution >= 4 is 0 Å². The highest BCUT2D eigenvalue weighted by Gasteiger charge is 2.34. The first-order valence-electron chi connectivity index (χ1n) is 12.0. The third-order valence-electron chi connectivity index (χ3n) is 7.39. The second-order valence-corrected chi connectivity index (χ2v) is 9.84. The molecule has 4 nitrogen and oxygen atoms in total. The summed E-state index contributed by atoms with van der Waals surface area (Å²) < 4.78 is 0. The van der Waals surface area contributed by atoms with Crippen LogP contribution in [0.5, 0.6) is 0 Å². The Bertz CT molecular complexity index is 369. The minimum absolute atomic E-state index is 0. The lowest BCUT2D eigenvalue weighted by atomic mass is 9.84. The molecule has 4 heteroatoms. The number of nitrogens with one attached hydrogen (secondary N) is 1. The van der Waals surface area contributed by atoms with E-state index in [1.54, 1.807) is 0 Å². The van der Waals surface area contributed by atoms with Gasteiger partial charge in [-0.3, -0.25) is 4.90 Å². The third-order valence-corrected chi connectivity index (χ3v) is 7.39. The number of hydrogen-bond donors (Lipinski definition) is 1. The van der Waals surface area contributed by atoms with Gasteiger partial charge in [0.15, 0.2) is 0 Å². The molecule has 4 heterocycles. The molecule has 1 N–H and O–H groups in total. The van der Waals surface area contributed by atoms with Gasteiger partial charge in [-0.25, -0.2) is 0 Å². The van der Waals surface area contributed by atoms with Gasteiger partial charge in [-0.05, 0) is 96.7 Å². The number of piperidine rings is 4. The average molecular weight is 395 g/mol. The molecule has 2 atom stereocenters. The second-order valence-electron chi connectivity index (χ2n) is 9.84. The number of likely N-dealkylation sites (tertiary alicyclic amines) is 3. The molecule has 0 spiro atoms. The summed E-state index contributed by atoms with van der Waals surface area (Å²) in [5.41, 5.74) is 0. The van der Waals surface area contributed by atoms with E-state index in [9.17, 15) is 0 Å². The van der Waals surface area contributed by atoms with Crippen LogP contribution in [0.2, 0.25) is 0 Å². The Kier molecular flexibility index (Phi) is 10.8. The average Bonchev–Trinajstić information content (AvgIpc) is 2.70. The summed E-state index contributed by atoms with van der Waals surface area (Å²) >= 11 is 0. The minimum atomic E-state index is 0. The summed E-state index contributed by atoms with van der Waals surface area (Å²) in [6.45, 7) is 15.3. The monoisotopic (exact) mass is 394 g/mol. The predicted octanol–water partition coefficient (Wildman–Crippen LogP) is 3.92. The summed E-state index contributed by atoms with van der Waals surface area (Å²) in [5, 5.41) is 3.43. The van der Waals surface area contributed by atoms with E-state index < -0.39 is 0 Å². The van der Waals surface area contributed by atoms with Crippen molar-refractivity contribution in [2.24, 2.45) is 11.8 Å². The molecule has 0 bridgehead atoms. The number of rotatable bonds is 2. The van der Waals surface area contributed by atoms with E-state index in [1.165, 1.54) is 104 Å². The van der Waals surface area contributed by atoms with Crippen molar-refractivity contribution in [1.29, 1.82) is 0 Å². The molecule has 0 radical (unpaired) electrons. The fourth-order valence-electron chi connectivity index (χ4n) is 6.23. The summed E-state index contributed by atoms with van der Waals surface area (Å²) in [7, 11) is 2.26. The van der Waals surface area contributed by atoms with Crippen LogP contribution in [0.25, 0.3) is 0 Å². The molecule has 0 aromatic heterocycles. The minimum Gasteiger partial charge on any atom is -0.317 e. The smallest absolute Gasteiger partial charge is 0.0171 e. The van der Waals surface area contributed by atoms with E-state index in [-0.39, 0.29) is 7.43 Å². The van der Waals surface area contributed by atoms with Gasteiger partial charge in [0.05, 0.1) is 0 Å². The van der Waals surface area contributed by atoms with Crippen LogP contribution in [0.1, 0.15) is 72.6 Å². The van der Waals surface area contributed by atoms with Crippen LogP contribution in [0, 0.1) is 11.8 Å². The van der Waals surface area contributed by atoms with Crippen LogP contribution in [0.4, 0.5) is 0 Å². The first-order chi connectivity index (χ1) is 13.1. The lowest BCUT2D eigenvalue weighted by molar-refractivity contribution is 0.0226. The van der Waals surface area contributed by atoms with Gasteiger partial charge >= 0.3 is 0 Å². The van der Waals surface area contributed by atoms with Crippen molar-refractivity contribution in [2.45, 2.75) is 84.7 Å². The Morgan fingerprint density at radius 2 is 1.14 bits per heavy atom. The van der Waals surface area contributed by atoms with Gasteiger partial charge in [-0.2, -0.15) is 0 Å². The summed E-state index contributed by atoms with van der Waals surface area (Å²) in [4.78, 5) is 7.98. The Labute approximate surface area is 176 Å². The third kappa shape index (κ3) is 6.97. The van der Waals surface area contributed by atoms with Crippen molar-refractivity contribution in [3.8, 4) is 0 Å². The van der Waals surface area contributed by atoms with Crippen LogP contribution in [0.3, 0.4) is 0 Å². The van der Waals surface area contributed by atoms with Crippen LogP contribution < -0.4 is 5.32 Å². The molecule has 0 saturated carbocycles. The van der Waals surface area contributed by atoms with E-state index in [4.69, 9.17) is 0 Å². The molecule has 4 saturated heterocycles. The van der Waals surface area contributed by atoms with E-state index in [0.29, 0.717) is 0 Å². The second kappa shape index (κ2) is 12.5. The molecule has 0 aliphatic carbocycles. The SMILES string of the molecule is C.C1CCN(C2CCNCC2)CC1.CC1CN(C)CC(C)C1N1CCCCC1. The topological polar surface area (TPSA) is 21.8 Å². The van der Waals surface area contributed by atoms with E-state index >= 15 is 0 Å². The summed E-state index contributed by atoms with van der Waals surface area (Å²) in [6.07, 6.45) is 11.4. The van der Waals surface area contributed by atoms with Gasteiger partial charge in [-0.15, -0.1) is 0 Å². The molecule has 0 aromatic rings. The Hall–Kier alpha value is -0.160. The molecular formula is C24H50N4. The fourth-order valence-corrected chi connectivity index (χ4v) is 6.23. The maximum atomic E-state index is 3.43. The Morgan fingerprint density at radius 3 is 1.64 bits per heavy atom. The maximum absolute atomic E-state index is 3.43. The standard InChI is InChI=1S/C13H26N2.C10H20N2.CH4/c1-11-9-14(3)10-12(2)13(11)15-7-5-4-6-8-15;1-2-8-12(9-3-1)10-4-6-11-7-5-10;/h11-13H,4-10H2,1-3H3;10-11H,1-9H2;1H4. The molecule has 2 unspecified atom stereocenters. The molecule has 0 aromatic carbocycles. The molecule has 166 valence electrons. The zero-order valence-electron chi connectivity index (χ0n) is 18.5. The highest BCUT2D eigenvalue weighted by atomic mass is 15.2. The van der Waals surface area contributed by atoms with Gasteiger partial charge in [0.2, 0.25) is 0 Å². The van der Waals surface area contributed by atoms with Gasteiger partial charge in [0.1, 0.15) is 0 Å². The maximum Gasteiger partial charge on any atom is 0.0171 e. The van der Waals surface area contributed by atoms with Crippen LogP contribution in [0.15, 0.2) is 0 Å². The summed E-state index contributed by atoms with van der Waals surface area (Å²) in [6, 6.07) is 1.76. The molecule has 4 aliphatic heterocycles. The van der Waals surface area contributed by atoms with E-state index in [2.05, 4.69) is 40.9 Å². The Balaban J connectivity index is 0.000000198. The van der Waals surface area contributed by atoms with Crippen LogP contribution >= 0.6 is 0 Å². The van der Waals surface area contributed by atoms with Gasteiger partial charge in [0, 0.05) is 25.2 Å². The molecule has 4 aliphatic rings. The van der Waals surface area contributed by atoms with Gasteiger partial charge < -0.3 is 15.1 Å². The lowest BCUT2D eigenvalue weighted by Gasteiger charge is -2.47. The molecule has 4 fully saturated rings. The fraction of sp³-hybridized carbons (Fsp3) is 1.00. The number of nitrogens with zero attached hydrogens (tertiary/aromatic N) is 3. The van der Waals surface area contributed by atoms with Crippen LogP contribution in [-0.2, 0) is 0 Å². The highest BCUT2D eigenvalue weighted by Crippen LogP contribution is 2.28. The molecule has 28 heavy (non-hydrogen) atoms. The zero-order valence-corrected chi connectivity index (χ0v) is 18.5.